The Morgan fingerprint density at radius 3 is 2.35 bits per heavy atom. The van der Waals surface area contributed by atoms with Gasteiger partial charge in [0, 0.05) is 13.5 Å². The molecule has 17 heavy (non-hydrogen) atoms. The number of methoxy groups -OCH3 is 1. The van der Waals surface area contributed by atoms with Gasteiger partial charge >= 0.3 is 0 Å². The molecule has 2 N–H and O–H groups in total. The van der Waals surface area contributed by atoms with Crippen LogP contribution >= 0.6 is 0 Å². The fourth-order valence-corrected chi connectivity index (χ4v) is 2.37. The molecule has 0 saturated carbocycles. The maximum atomic E-state index is 10.4. The smallest absolute Gasteiger partial charge is 0.0713 e. The quantitative estimate of drug-likeness (QED) is 0.831. The van der Waals surface area contributed by atoms with Crippen LogP contribution in [0.5, 0.6) is 0 Å². The van der Waals surface area contributed by atoms with E-state index in [-0.39, 0.29) is 0 Å². The zero-order valence-corrected chi connectivity index (χ0v) is 10.4. The Labute approximate surface area is 103 Å². The maximum Gasteiger partial charge on any atom is 0.0713 e. The van der Waals surface area contributed by atoms with E-state index in [1.165, 1.54) is 11.1 Å². The first kappa shape index (κ1) is 12.6. The Balaban J connectivity index is 1.97. The lowest BCUT2D eigenvalue weighted by Gasteiger charge is -2.32. The van der Waals surface area contributed by atoms with Gasteiger partial charge in [0.25, 0.3) is 0 Å². The Bertz CT molecular complexity index is 342. The number of piperidine rings is 1. The SMILES string of the molecule is COCc1ccc(CC2(O)CCNCC2)cc1. The molecule has 0 unspecified atom stereocenters. The second kappa shape index (κ2) is 5.63. The van der Waals surface area contributed by atoms with Gasteiger partial charge < -0.3 is 15.2 Å². The number of benzene rings is 1. The third-order valence-electron chi connectivity index (χ3n) is 3.40. The molecular formula is C14H21NO2. The molecule has 1 saturated heterocycles. The summed E-state index contributed by atoms with van der Waals surface area (Å²) >= 11 is 0. The van der Waals surface area contributed by atoms with E-state index < -0.39 is 5.60 Å². The fourth-order valence-electron chi connectivity index (χ4n) is 2.37. The van der Waals surface area contributed by atoms with Crippen LogP contribution in [0, 0.1) is 0 Å². The molecular weight excluding hydrogens is 214 g/mol. The largest absolute Gasteiger partial charge is 0.389 e. The van der Waals surface area contributed by atoms with Crippen LogP contribution in [-0.4, -0.2) is 30.9 Å². The van der Waals surface area contributed by atoms with Crippen molar-refractivity contribution in [2.45, 2.75) is 31.5 Å². The first-order valence-corrected chi connectivity index (χ1v) is 6.22. The topological polar surface area (TPSA) is 41.5 Å². The Morgan fingerprint density at radius 2 is 1.76 bits per heavy atom. The fraction of sp³-hybridized carbons (Fsp3) is 0.571. The summed E-state index contributed by atoms with van der Waals surface area (Å²) in [5, 5.41) is 13.7. The van der Waals surface area contributed by atoms with Gasteiger partial charge in [-0.05, 0) is 37.1 Å². The van der Waals surface area contributed by atoms with Crippen molar-refractivity contribution in [2.75, 3.05) is 20.2 Å². The van der Waals surface area contributed by atoms with Gasteiger partial charge in [0.05, 0.1) is 12.2 Å². The van der Waals surface area contributed by atoms with Gasteiger partial charge in [0.1, 0.15) is 0 Å². The zero-order valence-electron chi connectivity index (χ0n) is 10.4. The molecule has 0 spiro atoms. The first-order valence-electron chi connectivity index (χ1n) is 6.22. The molecule has 3 nitrogen and oxygen atoms in total. The highest BCUT2D eigenvalue weighted by Gasteiger charge is 2.28. The molecule has 1 heterocycles. The van der Waals surface area contributed by atoms with Gasteiger partial charge in [-0.2, -0.15) is 0 Å². The van der Waals surface area contributed by atoms with Gasteiger partial charge in [-0.15, -0.1) is 0 Å². The van der Waals surface area contributed by atoms with Crippen LogP contribution in [0.15, 0.2) is 24.3 Å². The lowest BCUT2D eigenvalue weighted by molar-refractivity contribution is 0.0109. The summed E-state index contributed by atoms with van der Waals surface area (Å²) in [7, 11) is 1.70. The van der Waals surface area contributed by atoms with Crippen molar-refractivity contribution in [1.82, 2.24) is 5.32 Å². The molecule has 1 aliphatic rings. The van der Waals surface area contributed by atoms with Crippen molar-refractivity contribution in [3.63, 3.8) is 0 Å². The lowest BCUT2D eigenvalue weighted by Crippen LogP contribution is -2.43. The molecule has 0 aliphatic carbocycles. The van der Waals surface area contributed by atoms with Crippen LogP contribution in [-0.2, 0) is 17.8 Å². The van der Waals surface area contributed by atoms with Crippen LogP contribution in [0.4, 0.5) is 0 Å². The molecule has 2 rings (SSSR count). The highest BCUT2D eigenvalue weighted by molar-refractivity contribution is 5.23. The highest BCUT2D eigenvalue weighted by atomic mass is 16.5. The minimum absolute atomic E-state index is 0.520. The van der Waals surface area contributed by atoms with Gasteiger partial charge in [0.2, 0.25) is 0 Å². The molecule has 1 aliphatic heterocycles. The summed E-state index contributed by atoms with van der Waals surface area (Å²) < 4.78 is 5.08. The van der Waals surface area contributed by atoms with Crippen molar-refractivity contribution >= 4 is 0 Å². The average molecular weight is 235 g/mol. The number of nitrogens with one attached hydrogen (secondary N) is 1. The summed E-state index contributed by atoms with van der Waals surface area (Å²) in [5.74, 6) is 0. The van der Waals surface area contributed by atoms with Crippen molar-refractivity contribution in [3.8, 4) is 0 Å². The standard InChI is InChI=1S/C14H21NO2/c1-17-11-13-4-2-12(3-5-13)10-14(16)6-8-15-9-7-14/h2-5,15-16H,6-11H2,1H3. The molecule has 0 bridgehead atoms. The second-order valence-electron chi connectivity index (χ2n) is 4.90. The minimum atomic E-state index is -0.520. The molecule has 0 atom stereocenters. The van der Waals surface area contributed by atoms with Gasteiger partial charge in [-0.25, -0.2) is 0 Å². The molecule has 1 aromatic rings. The molecule has 0 radical (unpaired) electrons. The summed E-state index contributed by atoms with van der Waals surface area (Å²) in [4.78, 5) is 0. The molecule has 0 aromatic heterocycles. The predicted octanol–water partition coefficient (Wildman–Crippen LogP) is 1.49. The monoisotopic (exact) mass is 235 g/mol. The molecule has 1 fully saturated rings. The number of aliphatic hydroxyl groups is 1. The van der Waals surface area contributed by atoms with Gasteiger partial charge in [-0.3, -0.25) is 0 Å². The number of hydrogen-bond donors (Lipinski definition) is 2. The van der Waals surface area contributed by atoms with Crippen LogP contribution in [0.25, 0.3) is 0 Å². The summed E-state index contributed by atoms with van der Waals surface area (Å²) in [6.07, 6.45) is 2.43. The molecule has 94 valence electrons. The molecule has 3 heteroatoms. The van der Waals surface area contributed by atoms with Crippen LogP contribution < -0.4 is 5.32 Å². The van der Waals surface area contributed by atoms with Crippen LogP contribution in [0.3, 0.4) is 0 Å². The number of rotatable bonds is 4. The van der Waals surface area contributed by atoms with Crippen molar-refractivity contribution in [1.29, 1.82) is 0 Å². The van der Waals surface area contributed by atoms with Gasteiger partial charge in [-0.1, -0.05) is 24.3 Å². The Hall–Kier alpha value is -0.900. The normalized spacial score (nSPS) is 19.2. The van der Waals surface area contributed by atoms with E-state index in [0.717, 1.165) is 32.4 Å². The van der Waals surface area contributed by atoms with E-state index in [1.54, 1.807) is 7.11 Å². The first-order chi connectivity index (χ1) is 8.22. The predicted molar refractivity (Wildman–Crippen MR) is 67.9 cm³/mol. The molecule has 0 amide bonds. The summed E-state index contributed by atoms with van der Waals surface area (Å²) in [6, 6.07) is 8.33. The maximum absolute atomic E-state index is 10.4. The lowest BCUT2D eigenvalue weighted by atomic mass is 9.86. The average Bonchev–Trinajstić information content (AvgIpc) is 2.33. The number of ether oxygens (including phenoxy) is 1. The van der Waals surface area contributed by atoms with E-state index in [2.05, 4.69) is 29.6 Å². The summed E-state index contributed by atoms with van der Waals surface area (Å²) in [6.45, 7) is 2.48. The Morgan fingerprint density at radius 1 is 1.18 bits per heavy atom. The summed E-state index contributed by atoms with van der Waals surface area (Å²) in [5.41, 5.74) is 1.86. The second-order valence-corrected chi connectivity index (χ2v) is 4.90. The zero-order chi connectivity index (χ0) is 12.1. The van der Waals surface area contributed by atoms with E-state index in [9.17, 15) is 5.11 Å². The van der Waals surface area contributed by atoms with Gasteiger partial charge in [0.15, 0.2) is 0 Å². The van der Waals surface area contributed by atoms with E-state index in [0.29, 0.717) is 6.61 Å². The van der Waals surface area contributed by atoms with Crippen LogP contribution in [0.2, 0.25) is 0 Å². The van der Waals surface area contributed by atoms with Crippen molar-refractivity contribution in [2.24, 2.45) is 0 Å². The molecule has 1 aromatic carbocycles. The Kier molecular flexibility index (Phi) is 4.15. The van der Waals surface area contributed by atoms with Crippen molar-refractivity contribution in [3.05, 3.63) is 35.4 Å². The van der Waals surface area contributed by atoms with E-state index in [4.69, 9.17) is 4.74 Å². The van der Waals surface area contributed by atoms with E-state index in [1.807, 2.05) is 0 Å². The number of hydrogen-bond acceptors (Lipinski definition) is 3. The third kappa shape index (κ3) is 3.53. The van der Waals surface area contributed by atoms with E-state index >= 15 is 0 Å². The minimum Gasteiger partial charge on any atom is -0.389 e. The third-order valence-corrected chi connectivity index (χ3v) is 3.40. The highest BCUT2D eigenvalue weighted by Crippen LogP contribution is 2.23. The van der Waals surface area contributed by atoms with Crippen LogP contribution in [0.1, 0.15) is 24.0 Å². The van der Waals surface area contributed by atoms with Crippen molar-refractivity contribution < 1.29 is 9.84 Å².